The molecule has 6 rings (SSSR count). The highest BCUT2D eigenvalue weighted by Crippen LogP contribution is 2.27. The summed E-state index contributed by atoms with van der Waals surface area (Å²) >= 11 is 0. The molecule has 0 bridgehead atoms. The number of morpholine rings is 2. The Morgan fingerprint density at radius 3 is 2.33 bits per heavy atom. The zero-order valence-corrected chi connectivity index (χ0v) is 20.9. The molecule has 3 fully saturated rings. The minimum absolute atomic E-state index is 0.620. The summed E-state index contributed by atoms with van der Waals surface area (Å²) in [5.41, 5.74) is 2.71. The molecule has 0 saturated carbocycles. The van der Waals surface area contributed by atoms with Gasteiger partial charge in [-0.2, -0.15) is 9.97 Å². The van der Waals surface area contributed by atoms with Gasteiger partial charge < -0.3 is 19.7 Å². The van der Waals surface area contributed by atoms with E-state index in [0.29, 0.717) is 6.04 Å². The number of nitrogens with one attached hydrogen (secondary N) is 1. The van der Waals surface area contributed by atoms with Gasteiger partial charge in [0, 0.05) is 64.1 Å². The van der Waals surface area contributed by atoms with Crippen molar-refractivity contribution in [1.29, 1.82) is 0 Å². The van der Waals surface area contributed by atoms with Crippen LogP contribution >= 0.6 is 0 Å². The Hall–Kier alpha value is -2.79. The van der Waals surface area contributed by atoms with E-state index in [4.69, 9.17) is 24.4 Å². The number of fused-ring (bicyclic) bond motifs is 1. The summed E-state index contributed by atoms with van der Waals surface area (Å²) in [5.74, 6) is 1.60. The molecule has 1 aromatic carbocycles. The number of anilines is 2. The molecular weight excluding hydrogens is 456 g/mol. The fourth-order valence-electron chi connectivity index (χ4n) is 5.46. The molecule has 1 N–H and O–H groups in total. The largest absolute Gasteiger partial charge is 0.379 e. The van der Waals surface area contributed by atoms with E-state index in [1.54, 1.807) is 0 Å². The van der Waals surface area contributed by atoms with Gasteiger partial charge in [0.2, 0.25) is 5.95 Å². The number of imidazole rings is 1. The molecule has 3 saturated heterocycles. The van der Waals surface area contributed by atoms with E-state index in [2.05, 4.69) is 36.7 Å². The predicted molar refractivity (Wildman–Crippen MR) is 140 cm³/mol. The zero-order valence-electron chi connectivity index (χ0n) is 20.9. The second-order valence-electron chi connectivity index (χ2n) is 9.74. The van der Waals surface area contributed by atoms with Gasteiger partial charge in [0.05, 0.1) is 26.4 Å². The molecule has 3 aliphatic heterocycles. The lowest BCUT2D eigenvalue weighted by Gasteiger charge is -2.40. The summed E-state index contributed by atoms with van der Waals surface area (Å²) in [5, 5.41) is 3.58. The lowest BCUT2D eigenvalue weighted by molar-refractivity contribution is 0.0114. The summed E-state index contributed by atoms with van der Waals surface area (Å²) in [6, 6.07) is 10.9. The Morgan fingerprint density at radius 2 is 1.58 bits per heavy atom. The van der Waals surface area contributed by atoms with Crippen molar-refractivity contribution in [2.24, 2.45) is 0 Å². The fourth-order valence-corrected chi connectivity index (χ4v) is 5.46. The molecular formula is C26H36N8O2. The molecule has 0 radical (unpaired) electrons. The van der Waals surface area contributed by atoms with Crippen LogP contribution in [-0.4, -0.2) is 114 Å². The van der Waals surface area contributed by atoms with Crippen molar-refractivity contribution in [2.45, 2.75) is 18.9 Å². The summed E-state index contributed by atoms with van der Waals surface area (Å²) in [7, 11) is 0. The number of nitrogens with zero attached hydrogens (tertiary/aromatic N) is 7. The van der Waals surface area contributed by atoms with Crippen LogP contribution in [0.5, 0.6) is 0 Å². The first-order valence-corrected chi connectivity index (χ1v) is 13.3. The number of benzene rings is 1. The number of rotatable bonds is 7. The molecule has 192 valence electrons. The third-order valence-electron chi connectivity index (χ3n) is 7.55. The van der Waals surface area contributed by atoms with Gasteiger partial charge in [-0.3, -0.25) is 14.4 Å². The predicted octanol–water partition coefficient (Wildman–Crippen LogP) is 1.86. The number of para-hydroxylation sites is 1. The van der Waals surface area contributed by atoms with Crippen LogP contribution in [0.1, 0.15) is 12.8 Å². The first kappa shape index (κ1) is 23.6. The molecule has 10 nitrogen and oxygen atoms in total. The second-order valence-corrected chi connectivity index (χ2v) is 9.74. The first-order chi connectivity index (χ1) is 17.8. The van der Waals surface area contributed by atoms with E-state index in [9.17, 15) is 0 Å². The van der Waals surface area contributed by atoms with Crippen molar-refractivity contribution < 1.29 is 9.47 Å². The minimum atomic E-state index is 0.620. The Labute approximate surface area is 212 Å². The van der Waals surface area contributed by atoms with Gasteiger partial charge in [0.15, 0.2) is 17.0 Å². The van der Waals surface area contributed by atoms with Crippen molar-refractivity contribution in [3.05, 3.63) is 36.7 Å². The van der Waals surface area contributed by atoms with Gasteiger partial charge in [0.1, 0.15) is 6.33 Å². The van der Waals surface area contributed by atoms with Crippen LogP contribution in [0.2, 0.25) is 0 Å². The molecule has 0 aliphatic carbocycles. The topological polar surface area (TPSA) is 83.8 Å². The third kappa shape index (κ3) is 5.17. The van der Waals surface area contributed by atoms with Crippen molar-refractivity contribution in [3.63, 3.8) is 0 Å². The maximum absolute atomic E-state index is 5.55. The monoisotopic (exact) mass is 492 g/mol. The Balaban J connectivity index is 1.23. The summed E-state index contributed by atoms with van der Waals surface area (Å²) in [6.45, 7) is 11.0. The number of ether oxygens (including phenoxy) is 2. The summed E-state index contributed by atoms with van der Waals surface area (Å²) in [6.07, 6.45) is 4.11. The van der Waals surface area contributed by atoms with E-state index in [1.807, 2.05) is 24.5 Å². The molecule has 0 spiro atoms. The standard InChI is InChI=1S/C26H36N8O2/c1-2-4-22(5-3-1)34-20-28-23-24(27-8-11-31-12-16-35-17-13-31)29-26(30-25(23)34)33-9-6-21(7-10-33)32-14-18-36-19-15-32/h1-5,20-21H,6-19H2,(H,27,29,30). The minimum Gasteiger partial charge on any atom is -0.379 e. The average molecular weight is 493 g/mol. The Kier molecular flexibility index (Phi) is 7.26. The lowest BCUT2D eigenvalue weighted by atomic mass is 10.0. The van der Waals surface area contributed by atoms with Gasteiger partial charge in [-0.25, -0.2) is 4.98 Å². The van der Waals surface area contributed by atoms with Crippen molar-refractivity contribution in [2.75, 3.05) is 89.0 Å². The number of aromatic nitrogens is 4. The van der Waals surface area contributed by atoms with Gasteiger partial charge in [-0.1, -0.05) is 18.2 Å². The van der Waals surface area contributed by atoms with E-state index in [-0.39, 0.29) is 0 Å². The fraction of sp³-hybridized carbons (Fsp3) is 0.577. The molecule has 10 heteroatoms. The van der Waals surface area contributed by atoms with Crippen LogP contribution in [0.3, 0.4) is 0 Å². The lowest BCUT2D eigenvalue weighted by Crippen LogP contribution is -2.49. The van der Waals surface area contributed by atoms with Crippen LogP contribution in [0, 0.1) is 0 Å². The molecule has 0 amide bonds. The zero-order chi connectivity index (χ0) is 24.2. The van der Waals surface area contributed by atoms with E-state index in [1.165, 1.54) is 0 Å². The molecule has 5 heterocycles. The molecule has 0 atom stereocenters. The molecule has 2 aromatic heterocycles. The van der Waals surface area contributed by atoms with E-state index < -0.39 is 0 Å². The van der Waals surface area contributed by atoms with Crippen LogP contribution in [0.25, 0.3) is 16.9 Å². The number of hydrogen-bond acceptors (Lipinski definition) is 9. The number of hydrogen-bond donors (Lipinski definition) is 1. The van der Waals surface area contributed by atoms with Gasteiger partial charge in [0.25, 0.3) is 0 Å². The van der Waals surface area contributed by atoms with Gasteiger partial charge in [-0.15, -0.1) is 0 Å². The molecule has 0 unspecified atom stereocenters. The quantitative estimate of drug-likeness (QED) is 0.531. The number of piperidine rings is 1. The van der Waals surface area contributed by atoms with Crippen LogP contribution in [0.4, 0.5) is 11.8 Å². The van der Waals surface area contributed by atoms with E-state index in [0.717, 1.165) is 120 Å². The summed E-state index contributed by atoms with van der Waals surface area (Å²) in [4.78, 5) is 22.1. The Bertz CT molecular complexity index is 1120. The summed E-state index contributed by atoms with van der Waals surface area (Å²) < 4.78 is 13.1. The van der Waals surface area contributed by atoms with Crippen LogP contribution in [-0.2, 0) is 9.47 Å². The first-order valence-electron chi connectivity index (χ1n) is 13.3. The third-order valence-corrected chi connectivity index (χ3v) is 7.55. The maximum Gasteiger partial charge on any atom is 0.229 e. The van der Waals surface area contributed by atoms with Gasteiger partial charge in [-0.05, 0) is 25.0 Å². The average Bonchev–Trinajstić information content (AvgIpc) is 3.39. The normalized spacial score (nSPS) is 20.7. The van der Waals surface area contributed by atoms with Crippen LogP contribution < -0.4 is 10.2 Å². The maximum atomic E-state index is 5.55. The van der Waals surface area contributed by atoms with Crippen LogP contribution in [0.15, 0.2) is 36.7 Å². The van der Waals surface area contributed by atoms with Crippen molar-refractivity contribution in [3.8, 4) is 5.69 Å². The van der Waals surface area contributed by atoms with Crippen molar-refractivity contribution >= 4 is 22.9 Å². The smallest absolute Gasteiger partial charge is 0.229 e. The SMILES string of the molecule is c1ccc(-n2cnc3c(NCCN4CCOCC4)nc(N4CCC(N5CCOCC5)CC4)nc32)cc1. The Morgan fingerprint density at radius 1 is 0.861 bits per heavy atom. The highest BCUT2D eigenvalue weighted by molar-refractivity contribution is 5.85. The highest BCUT2D eigenvalue weighted by atomic mass is 16.5. The molecule has 3 aliphatic rings. The second kappa shape index (κ2) is 11.1. The van der Waals surface area contributed by atoms with Gasteiger partial charge >= 0.3 is 0 Å². The highest BCUT2D eigenvalue weighted by Gasteiger charge is 2.28. The molecule has 36 heavy (non-hydrogen) atoms. The molecule has 3 aromatic rings. The van der Waals surface area contributed by atoms with E-state index >= 15 is 0 Å². The van der Waals surface area contributed by atoms with Crippen molar-refractivity contribution in [1.82, 2.24) is 29.3 Å².